The molecule has 18 heavy (non-hydrogen) atoms. The third-order valence-electron chi connectivity index (χ3n) is 2.90. The summed E-state index contributed by atoms with van der Waals surface area (Å²) in [6.07, 6.45) is 0. The van der Waals surface area contributed by atoms with Crippen molar-refractivity contribution in [1.82, 2.24) is 4.98 Å². The van der Waals surface area contributed by atoms with Crippen molar-refractivity contribution in [3.63, 3.8) is 0 Å². The fraction of sp³-hybridized carbons (Fsp3) is 0.0769. The molecule has 0 saturated carbocycles. The average Bonchev–Trinajstić information content (AvgIpc) is 2.66. The Morgan fingerprint density at radius 1 is 1.22 bits per heavy atom. The molecule has 0 atom stereocenters. The number of H-pyrrole nitrogens is 1. The monoisotopic (exact) mass is 267 g/mol. The minimum Gasteiger partial charge on any atom is -0.493 e. The van der Waals surface area contributed by atoms with Gasteiger partial charge in [-0.15, -0.1) is 0 Å². The highest BCUT2D eigenvalue weighted by molar-refractivity contribution is 6.33. The van der Waals surface area contributed by atoms with Crippen molar-refractivity contribution in [3.8, 4) is 5.75 Å². The molecule has 1 heterocycles. The molecular formula is C13H8ClF2NO. The van der Waals surface area contributed by atoms with Gasteiger partial charge in [-0.2, -0.15) is 0 Å². The number of benzene rings is 2. The topological polar surface area (TPSA) is 25.0 Å². The lowest BCUT2D eigenvalue weighted by molar-refractivity contribution is 0.419. The second-order valence-corrected chi connectivity index (χ2v) is 4.35. The Balaban J connectivity index is 2.55. The highest BCUT2D eigenvalue weighted by atomic mass is 35.5. The molecule has 92 valence electrons. The molecule has 2 aromatic carbocycles. The first-order chi connectivity index (χ1) is 8.61. The van der Waals surface area contributed by atoms with Gasteiger partial charge in [-0.25, -0.2) is 8.78 Å². The maximum absolute atomic E-state index is 13.8. The van der Waals surface area contributed by atoms with Crippen LogP contribution in [0.4, 0.5) is 8.78 Å². The molecule has 0 unspecified atom stereocenters. The Morgan fingerprint density at radius 2 is 2.00 bits per heavy atom. The first-order valence-electron chi connectivity index (χ1n) is 5.24. The lowest BCUT2D eigenvalue weighted by Crippen LogP contribution is -1.85. The maximum atomic E-state index is 13.8. The van der Waals surface area contributed by atoms with Crippen LogP contribution in [0.3, 0.4) is 0 Å². The zero-order valence-electron chi connectivity index (χ0n) is 9.35. The van der Waals surface area contributed by atoms with Gasteiger partial charge in [0.2, 0.25) is 0 Å². The first kappa shape index (κ1) is 11.3. The second kappa shape index (κ2) is 3.85. The Morgan fingerprint density at radius 3 is 2.72 bits per heavy atom. The molecule has 0 saturated heterocycles. The quantitative estimate of drug-likeness (QED) is 0.700. The summed E-state index contributed by atoms with van der Waals surface area (Å²) in [5, 5.41) is 1.36. The van der Waals surface area contributed by atoms with E-state index >= 15 is 0 Å². The molecule has 1 aromatic heterocycles. The number of halogens is 3. The number of aromatic nitrogens is 1. The molecule has 0 fully saturated rings. The van der Waals surface area contributed by atoms with E-state index in [9.17, 15) is 8.78 Å². The number of rotatable bonds is 1. The Labute approximate surface area is 106 Å². The van der Waals surface area contributed by atoms with Gasteiger partial charge in [0.05, 0.1) is 23.2 Å². The van der Waals surface area contributed by atoms with Gasteiger partial charge in [0.1, 0.15) is 11.6 Å². The third-order valence-corrected chi connectivity index (χ3v) is 3.20. The Hall–Kier alpha value is -1.81. The number of nitrogens with one attached hydrogen (secondary N) is 1. The first-order valence-corrected chi connectivity index (χ1v) is 5.62. The van der Waals surface area contributed by atoms with E-state index in [4.69, 9.17) is 16.3 Å². The van der Waals surface area contributed by atoms with Crippen LogP contribution >= 0.6 is 11.6 Å². The lowest BCUT2D eigenvalue weighted by atomic mass is 10.1. The summed E-state index contributed by atoms with van der Waals surface area (Å²) in [6, 6.07) is 5.40. The third kappa shape index (κ3) is 1.46. The molecule has 0 radical (unpaired) electrons. The summed E-state index contributed by atoms with van der Waals surface area (Å²) in [5.41, 5.74) is 0.938. The minimum atomic E-state index is -0.628. The fourth-order valence-corrected chi connectivity index (χ4v) is 2.40. The largest absolute Gasteiger partial charge is 0.493 e. The molecule has 1 N–H and O–H groups in total. The van der Waals surface area contributed by atoms with Gasteiger partial charge in [-0.3, -0.25) is 0 Å². The summed E-state index contributed by atoms with van der Waals surface area (Å²) in [5.74, 6) is -0.817. The van der Waals surface area contributed by atoms with Crippen LogP contribution in [0.25, 0.3) is 21.8 Å². The standard InChI is InChI=1S/C13H8ClF2NO/c1-18-13-8(14)3-2-7-11-9(16)4-6(15)5-10(11)17-12(7)13/h2-5,17H,1H3. The Bertz CT molecular complexity index is 767. The van der Waals surface area contributed by atoms with Gasteiger partial charge in [-0.1, -0.05) is 17.7 Å². The van der Waals surface area contributed by atoms with E-state index in [1.807, 2.05) is 0 Å². The zero-order valence-corrected chi connectivity index (χ0v) is 10.1. The van der Waals surface area contributed by atoms with E-state index in [1.54, 1.807) is 12.1 Å². The van der Waals surface area contributed by atoms with Crippen LogP contribution in [0, 0.1) is 11.6 Å². The van der Waals surface area contributed by atoms with Crippen LogP contribution in [-0.4, -0.2) is 12.1 Å². The minimum absolute atomic E-state index is 0.335. The van der Waals surface area contributed by atoms with Crippen LogP contribution in [0.2, 0.25) is 5.02 Å². The van der Waals surface area contributed by atoms with Crippen LogP contribution in [0.1, 0.15) is 0 Å². The number of methoxy groups -OCH3 is 1. The van der Waals surface area contributed by atoms with Crippen LogP contribution in [-0.2, 0) is 0 Å². The fourth-order valence-electron chi connectivity index (χ4n) is 2.17. The van der Waals surface area contributed by atoms with Crippen LogP contribution in [0.5, 0.6) is 5.75 Å². The summed E-state index contributed by atoms with van der Waals surface area (Å²) in [6.45, 7) is 0. The van der Waals surface area contributed by atoms with Gasteiger partial charge < -0.3 is 9.72 Å². The Kier molecular flexibility index (Phi) is 2.41. The van der Waals surface area contributed by atoms with Crippen molar-refractivity contribution >= 4 is 33.4 Å². The van der Waals surface area contributed by atoms with Crippen molar-refractivity contribution in [2.75, 3.05) is 7.11 Å². The summed E-state index contributed by atoms with van der Waals surface area (Å²) < 4.78 is 32.2. The van der Waals surface area contributed by atoms with Crippen molar-refractivity contribution in [3.05, 3.63) is 40.9 Å². The van der Waals surface area contributed by atoms with Gasteiger partial charge >= 0.3 is 0 Å². The molecule has 0 bridgehead atoms. The molecule has 0 aliphatic rings. The zero-order chi connectivity index (χ0) is 12.9. The average molecular weight is 268 g/mol. The van der Waals surface area contributed by atoms with Crippen molar-refractivity contribution < 1.29 is 13.5 Å². The predicted octanol–water partition coefficient (Wildman–Crippen LogP) is 4.26. The molecule has 0 aliphatic heterocycles. The second-order valence-electron chi connectivity index (χ2n) is 3.94. The van der Waals surface area contributed by atoms with E-state index < -0.39 is 11.6 Å². The van der Waals surface area contributed by atoms with Gasteiger partial charge in [0.25, 0.3) is 0 Å². The van der Waals surface area contributed by atoms with Crippen molar-refractivity contribution in [1.29, 1.82) is 0 Å². The van der Waals surface area contributed by atoms with E-state index in [0.717, 1.165) is 6.07 Å². The molecule has 0 amide bonds. The molecular weight excluding hydrogens is 260 g/mol. The highest BCUT2D eigenvalue weighted by Gasteiger charge is 2.15. The highest BCUT2D eigenvalue weighted by Crippen LogP contribution is 2.37. The smallest absolute Gasteiger partial charge is 0.161 e. The molecule has 0 spiro atoms. The van der Waals surface area contributed by atoms with Gasteiger partial charge in [0.15, 0.2) is 5.75 Å². The van der Waals surface area contributed by atoms with Crippen molar-refractivity contribution in [2.45, 2.75) is 0 Å². The maximum Gasteiger partial charge on any atom is 0.161 e. The van der Waals surface area contributed by atoms with Gasteiger partial charge in [-0.05, 0) is 12.1 Å². The predicted molar refractivity (Wildman–Crippen MR) is 67.3 cm³/mol. The molecule has 2 nitrogen and oxygen atoms in total. The molecule has 3 aromatic rings. The summed E-state index contributed by atoms with van der Waals surface area (Å²) >= 11 is 5.99. The van der Waals surface area contributed by atoms with E-state index in [2.05, 4.69) is 4.98 Å². The van der Waals surface area contributed by atoms with E-state index in [-0.39, 0.29) is 0 Å². The number of aromatic amines is 1. The van der Waals surface area contributed by atoms with Crippen molar-refractivity contribution in [2.24, 2.45) is 0 Å². The summed E-state index contributed by atoms with van der Waals surface area (Å²) in [4.78, 5) is 2.93. The SMILES string of the molecule is COc1c(Cl)ccc2c1[nH]c1cc(F)cc(F)c12. The summed E-state index contributed by atoms with van der Waals surface area (Å²) in [7, 11) is 1.48. The van der Waals surface area contributed by atoms with Gasteiger partial charge in [0, 0.05) is 16.8 Å². The molecule has 3 rings (SSSR count). The number of ether oxygens (including phenoxy) is 1. The number of fused-ring (bicyclic) bond motifs is 3. The van der Waals surface area contributed by atoms with E-state index in [1.165, 1.54) is 13.2 Å². The lowest BCUT2D eigenvalue weighted by Gasteiger charge is -2.03. The van der Waals surface area contributed by atoms with Crippen LogP contribution in [0.15, 0.2) is 24.3 Å². The van der Waals surface area contributed by atoms with E-state index in [0.29, 0.717) is 32.6 Å². The molecule has 0 aliphatic carbocycles. The number of hydrogen-bond acceptors (Lipinski definition) is 1. The van der Waals surface area contributed by atoms with Crippen LogP contribution < -0.4 is 4.74 Å². The molecule has 5 heteroatoms. The normalized spacial score (nSPS) is 11.3. The number of hydrogen-bond donors (Lipinski definition) is 1.